The number of hydrogen-bond acceptors (Lipinski definition) is 6. The molecule has 0 bridgehead atoms. The van der Waals surface area contributed by atoms with Gasteiger partial charge in [-0.25, -0.2) is 16.8 Å². The topological polar surface area (TPSA) is 94.6 Å². The minimum atomic E-state index is -4.05. The Morgan fingerprint density at radius 1 is 0.852 bits per heavy atom. The Kier molecular flexibility index (Phi) is 6.43. The van der Waals surface area contributed by atoms with Crippen molar-refractivity contribution < 1.29 is 26.4 Å². The van der Waals surface area contributed by atoms with Gasteiger partial charge in [-0.1, -0.05) is 35.4 Å². The van der Waals surface area contributed by atoms with E-state index >= 15 is 0 Å². The van der Waals surface area contributed by atoms with Gasteiger partial charge in [0.05, 0.1) is 34.3 Å². The van der Waals surface area contributed by atoms with Crippen LogP contribution < -0.4 is 0 Å². The lowest BCUT2D eigenvalue weighted by Gasteiger charge is -2.17. The Labute approximate surface area is 160 Å². The molecular weight excluding hydrogens is 388 g/mol. The molecule has 0 aliphatic carbocycles. The highest BCUT2D eigenvalue weighted by molar-refractivity contribution is 7.95. The fourth-order valence-corrected chi connectivity index (χ4v) is 6.39. The second-order valence-corrected chi connectivity index (χ2v) is 10.6. The van der Waals surface area contributed by atoms with Crippen molar-refractivity contribution in [1.29, 1.82) is 0 Å². The molecule has 0 saturated heterocycles. The van der Waals surface area contributed by atoms with E-state index in [2.05, 4.69) is 4.74 Å². The lowest BCUT2D eigenvalue weighted by atomic mass is 10.2. The highest BCUT2D eigenvalue weighted by Gasteiger charge is 2.35. The van der Waals surface area contributed by atoms with Crippen LogP contribution in [0.15, 0.2) is 58.3 Å². The van der Waals surface area contributed by atoms with E-state index < -0.39 is 43.1 Å². The van der Waals surface area contributed by atoms with Gasteiger partial charge in [0.1, 0.15) is 0 Å². The molecule has 0 aliphatic heterocycles. The van der Waals surface area contributed by atoms with Gasteiger partial charge in [-0.05, 0) is 38.1 Å². The van der Waals surface area contributed by atoms with Crippen LogP contribution >= 0.6 is 0 Å². The maximum Gasteiger partial charge on any atom is 0.306 e. The number of aryl methyl sites for hydroxylation is 2. The van der Waals surface area contributed by atoms with Gasteiger partial charge in [0.25, 0.3) is 0 Å². The first-order valence-corrected chi connectivity index (χ1v) is 11.4. The largest absolute Gasteiger partial charge is 0.469 e. The lowest BCUT2D eigenvalue weighted by Crippen LogP contribution is -2.32. The van der Waals surface area contributed by atoms with Gasteiger partial charge < -0.3 is 4.74 Å². The highest BCUT2D eigenvalue weighted by atomic mass is 32.2. The summed E-state index contributed by atoms with van der Waals surface area (Å²) in [6, 6.07) is 12.2. The van der Waals surface area contributed by atoms with Crippen LogP contribution in [-0.4, -0.2) is 40.9 Å². The number of carbonyl (C=O) groups is 1. The minimum absolute atomic E-state index is 0.0158. The van der Waals surface area contributed by atoms with Crippen molar-refractivity contribution >= 4 is 25.6 Å². The smallest absolute Gasteiger partial charge is 0.306 e. The zero-order chi connectivity index (χ0) is 20.2. The maximum absolute atomic E-state index is 13.0. The van der Waals surface area contributed by atoms with E-state index in [9.17, 15) is 21.6 Å². The van der Waals surface area contributed by atoms with Crippen molar-refractivity contribution in [2.75, 3.05) is 12.9 Å². The molecule has 0 radical (unpaired) electrons. The third-order valence-electron chi connectivity index (χ3n) is 4.20. The predicted molar refractivity (Wildman–Crippen MR) is 102 cm³/mol. The molecule has 2 rings (SSSR count). The first-order valence-electron chi connectivity index (χ1n) is 8.23. The van der Waals surface area contributed by atoms with Crippen molar-refractivity contribution in [3.8, 4) is 0 Å². The molecule has 0 heterocycles. The first kappa shape index (κ1) is 21.1. The summed E-state index contributed by atoms with van der Waals surface area (Å²) >= 11 is 0. The van der Waals surface area contributed by atoms with Crippen LogP contribution in [0, 0.1) is 13.8 Å². The standard InChI is InChI=1S/C19H22O6S2/c1-14-4-8-16(9-5-14)26(21,22)13-18(12-19(20)25-3)27(23,24)17-10-6-15(2)7-11-17/h4-11,18H,12-13H2,1-3H3. The number of carbonyl (C=O) groups excluding carboxylic acids is 1. The third kappa shape index (κ3) is 5.17. The summed E-state index contributed by atoms with van der Waals surface area (Å²) in [4.78, 5) is 11.7. The van der Waals surface area contributed by atoms with Crippen LogP contribution in [0.5, 0.6) is 0 Å². The molecule has 1 atom stereocenters. The molecule has 0 fully saturated rings. The number of ether oxygens (including phenoxy) is 1. The van der Waals surface area contributed by atoms with Crippen molar-refractivity contribution in [3.63, 3.8) is 0 Å². The average Bonchev–Trinajstić information content (AvgIpc) is 2.61. The van der Waals surface area contributed by atoms with E-state index in [0.717, 1.165) is 18.2 Å². The quantitative estimate of drug-likeness (QED) is 0.651. The van der Waals surface area contributed by atoms with Crippen LogP contribution in [0.2, 0.25) is 0 Å². The van der Waals surface area contributed by atoms with Gasteiger partial charge in [0, 0.05) is 0 Å². The van der Waals surface area contributed by atoms with Crippen LogP contribution in [0.25, 0.3) is 0 Å². The molecule has 0 saturated carbocycles. The number of benzene rings is 2. The molecular formula is C19H22O6S2. The number of esters is 1. The molecule has 0 aliphatic rings. The highest BCUT2D eigenvalue weighted by Crippen LogP contribution is 2.24. The number of hydrogen-bond donors (Lipinski definition) is 0. The monoisotopic (exact) mass is 410 g/mol. The third-order valence-corrected chi connectivity index (χ3v) is 8.38. The normalized spacial score (nSPS) is 13.1. The number of rotatable bonds is 7. The van der Waals surface area contributed by atoms with E-state index in [-0.39, 0.29) is 9.79 Å². The second-order valence-electron chi connectivity index (χ2n) is 6.35. The Morgan fingerprint density at radius 3 is 1.74 bits per heavy atom. The van der Waals surface area contributed by atoms with Gasteiger partial charge >= 0.3 is 5.97 Å². The summed E-state index contributed by atoms with van der Waals surface area (Å²) < 4.78 is 56.0. The Balaban J connectivity index is 2.43. The van der Waals surface area contributed by atoms with E-state index in [1.807, 2.05) is 13.8 Å². The molecule has 2 aromatic rings. The Morgan fingerprint density at radius 2 is 1.30 bits per heavy atom. The van der Waals surface area contributed by atoms with Crippen LogP contribution in [0.3, 0.4) is 0 Å². The van der Waals surface area contributed by atoms with Gasteiger partial charge in [0.2, 0.25) is 0 Å². The van der Waals surface area contributed by atoms with Crippen LogP contribution in [-0.2, 0) is 29.2 Å². The van der Waals surface area contributed by atoms with Crippen LogP contribution in [0.1, 0.15) is 17.5 Å². The predicted octanol–water partition coefficient (Wildman–Crippen LogP) is 2.48. The zero-order valence-corrected chi connectivity index (χ0v) is 17.0. The summed E-state index contributed by atoms with van der Waals surface area (Å²) in [6.45, 7) is 3.63. The molecule has 0 N–H and O–H groups in total. The summed E-state index contributed by atoms with van der Waals surface area (Å²) in [5.74, 6) is -1.49. The fraction of sp³-hybridized carbons (Fsp3) is 0.316. The second kappa shape index (κ2) is 8.22. The average molecular weight is 411 g/mol. The van der Waals surface area contributed by atoms with E-state index in [1.54, 1.807) is 24.3 Å². The Hall–Kier alpha value is -2.19. The molecule has 6 nitrogen and oxygen atoms in total. The summed E-state index contributed by atoms with van der Waals surface area (Å²) in [7, 11) is -6.84. The first-order chi connectivity index (χ1) is 12.6. The van der Waals surface area contributed by atoms with Crippen molar-refractivity contribution in [2.24, 2.45) is 0 Å². The van der Waals surface area contributed by atoms with Crippen LogP contribution in [0.4, 0.5) is 0 Å². The SMILES string of the molecule is COC(=O)CC(CS(=O)(=O)c1ccc(C)cc1)S(=O)(=O)c1ccc(C)cc1. The Bertz CT molecular complexity index is 1000. The van der Waals surface area contributed by atoms with Crippen molar-refractivity contribution in [1.82, 2.24) is 0 Å². The fourth-order valence-electron chi connectivity index (χ4n) is 2.53. The lowest BCUT2D eigenvalue weighted by molar-refractivity contribution is -0.140. The zero-order valence-electron chi connectivity index (χ0n) is 15.4. The summed E-state index contributed by atoms with van der Waals surface area (Å²) in [5.41, 5.74) is 1.75. The van der Waals surface area contributed by atoms with Gasteiger partial charge in [0.15, 0.2) is 19.7 Å². The molecule has 0 aromatic heterocycles. The summed E-state index contributed by atoms with van der Waals surface area (Å²) in [5, 5.41) is -1.45. The number of methoxy groups -OCH3 is 1. The molecule has 8 heteroatoms. The van der Waals surface area contributed by atoms with Crippen molar-refractivity contribution in [2.45, 2.75) is 35.3 Å². The van der Waals surface area contributed by atoms with E-state index in [0.29, 0.717) is 0 Å². The molecule has 2 aromatic carbocycles. The molecule has 1 unspecified atom stereocenters. The minimum Gasteiger partial charge on any atom is -0.469 e. The van der Waals surface area contributed by atoms with Gasteiger partial charge in [-0.3, -0.25) is 4.79 Å². The van der Waals surface area contributed by atoms with Crippen molar-refractivity contribution in [3.05, 3.63) is 59.7 Å². The van der Waals surface area contributed by atoms with E-state index in [1.165, 1.54) is 24.3 Å². The molecule has 27 heavy (non-hydrogen) atoms. The molecule has 0 spiro atoms. The summed E-state index contributed by atoms with van der Waals surface area (Å²) in [6.07, 6.45) is -0.544. The van der Waals surface area contributed by atoms with Gasteiger partial charge in [-0.2, -0.15) is 0 Å². The molecule has 146 valence electrons. The maximum atomic E-state index is 13.0. The number of sulfone groups is 2. The molecule has 0 amide bonds. The van der Waals surface area contributed by atoms with Gasteiger partial charge in [-0.15, -0.1) is 0 Å². The van der Waals surface area contributed by atoms with E-state index in [4.69, 9.17) is 0 Å².